The molecule has 0 fully saturated rings. The van der Waals surface area contributed by atoms with Crippen LogP contribution in [-0.4, -0.2) is 19.6 Å². The highest BCUT2D eigenvalue weighted by molar-refractivity contribution is 7.19. The lowest BCUT2D eigenvalue weighted by Crippen LogP contribution is -2.29. The highest BCUT2D eigenvalue weighted by Gasteiger charge is 2.00. The first kappa shape index (κ1) is 13.5. The fourth-order valence-electron chi connectivity index (χ4n) is 1.90. The molecule has 2 rings (SSSR count). The van der Waals surface area contributed by atoms with Gasteiger partial charge in [-0.2, -0.15) is 0 Å². The maximum absolute atomic E-state index is 3.48. The molecule has 0 spiro atoms. The minimum atomic E-state index is 0.729. The number of thiophene rings is 1. The molecule has 0 atom stereocenters. The van der Waals surface area contributed by atoms with E-state index in [9.17, 15) is 0 Å². The molecule has 0 radical (unpaired) electrons. The van der Waals surface area contributed by atoms with Gasteiger partial charge in [0, 0.05) is 29.2 Å². The molecule has 0 saturated carbocycles. The average Bonchev–Trinajstić information content (AvgIpc) is 2.75. The second-order valence-electron chi connectivity index (χ2n) is 5.03. The van der Waals surface area contributed by atoms with Crippen molar-refractivity contribution in [2.24, 2.45) is 5.92 Å². The molecule has 0 amide bonds. The van der Waals surface area contributed by atoms with Gasteiger partial charge in [0.15, 0.2) is 0 Å². The van der Waals surface area contributed by atoms with E-state index in [2.05, 4.69) is 54.8 Å². The van der Waals surface area contributed by atoms with Gasteiger partial charge in [0.2, 0.25) is 0 Å². The van der Waals surface area contributed by atoms with Gasteiger partial charge in [0.1, 0.15) is 0 Å². The second-order valence-corrected chi connectivity index (χ2v) is 6.19. The third-order valence-corrected chi connectivity index (χ3v) is 3.92. The standard InChI is InChI=1S/C15H22N2S/c1-12(2)10-16-7-8-17-11-14-9-13-5-3-4-6-15(13)18-14/h3-6,9,12,16-17H,7-8,10-11H2,1-2H3. The van der Waals surface area contributed by atoms with Gasteiger partial charge in [0.25, 0.3) is 0 Å². The summed E-state index contributed by atoms with van der Waals surface area (Å²) >= 11 is 1.88. The summed E-state index contributed by atoms with van der Waals surface area (Å²) in [7, 11) is 0. The molecule has 2 N–H and O–H groups in total. The summed E-state index contributed by atoms with van der Waals surface area (Å²) in [5, 5.41) is 8.28. The van der Waals surface area contributed by atoms with Gasteiger partial charge in [0.05, 0.1) is 0 Å². The van der Waals surface area contributed by atoms with E-state index in [0.29, 0.717) is 0 Å². The lowest BCUT2D eigenvalue weighted by Gasteiger charge is -2.07. The lowest BCUT2D eigenvalue weighted by molar-refractivity contribution is 0.536. The molecule has 1 aromatic carbocycles. The Labute approximate surface area is 113 Å². The number of hydrogen-bond acceptors (Lipinski definition) is 3. The van der Waals surface area contributed by atoms with Crippen molar-refractivity contribution in [1.29, 1.82) is 0 Å². The number of fused-ring (bicyclic) bond motifs is 1. The Morgan fingerprint density at radius 2 is 1.89 bits per heavy atom. The van der Waals surface area contributed by atoms with E-state index in [-0.39, 0.29) is 0 Å². The number of nitrogens with one attached hydrogen (secondary N) is 2. The minimum absolute atomic E-state index is 0.729. The van der Waals surface area contributed by atoms with Crippen molar-refractivity contribution in [3.63, 3.8) is 0 Å². The lowest BCUT2D eigenvalue weighted by atomic mass is 10.2. The van der Waals surface area contributed by atoms with Crippen LogP contribution < -0.4 is 10.6 Å². The van der Waals surface area contributed by atoms with Crippen LogP contribution in [-0.2, 0) is 6.54 Å². The molecular weight excluding hydrogens is 240 g/mol. The van der Waals surface area contributed by atoms with Crippen LogP contribution in [0, 0.1) is 5.92 Å². The van der Waals surface area contributed by atoms with E-state index in [1.165, 1.54) is 15.0 Å². The summed E-state index contributed by atoms with van der Waals surface area (Å²) < 4.78 is 1.38. The molecule has 2 aromatic rings. The molecule has 0 saturated heterocycles. The zero-order chi connectivity index (χ0) is 12.8. The number of hydrogen-bond donors (Lipinski definition) is 2. The van der Waals surface area contributed by atoms with E-state index >= 15 is 0 Å². The summed E-state index contributed by atoms with van der Waals surface area (Å²) in [4.78, 5) is 1.42. The Morgan fingerprint density at radius 3 is 2.67 bits per heavy atom. The molecule has 98 valence electrons. The Morgan fingerprint density at radius 1 is 1.11 bits per heavy atom. The Hall–Kier alpha value is -0.900. The normalized spacial score (nSPS) is 11.5. The molecule has 0 aliphatic carbocycles. The molecule has 1 heterocycles. The second kappa shape index (κ2) is 6.88. The zero-order valence-corrected chi connectivity index (χ0v) is 12.0. The Balaban J connectivity index is 1.70. The van der Waals surface area contributed by atoms with Gasteiger partial charge in [-0.1, -0.05) is 32.0 Å². The first-order valence-electron chi connectivity index (χ1n) is 6.64. The highest BCUT2D eigenvalue weighted by atomic mass is 32.1. The van der Waals surface area contributed by atoms with E-state index < -0.39 is 0 Å². The molecule has 0 aliphatic rings. The van der Waals surface area contributed by atoms with Crippen LogP contribution in [0.2, 0.25) is 0 Å². The largest absolute Gasteiger partial charge is 0.315 e. The maximum atomic E-state index is 3.48. The fourth-order valence-corrected chi connectivity index (χ4v) is 2.94. The molecule has 0 bridgehead atoms. The van der Waals surface area contributed by atoms with Crippen LogP contribution >= 0.6 is 11.3 Å². The summed E-state index contributed by atoms with van der Waals surface area (Å²) in [6.07, 6.45) is 0. The topological polar surface area (TPSA) is 24.1 Å². The molecular formula is C15H22N2S. The van der Waals surface area contributed by atoms with Gasteiger partial charge >= 0.3 is 0 Å². The van der Waals surface area contributed by atoms with Crippen molar-refractivity contribution in [3.05, 3.63) is 35.2 Å². The quantitative estimate of drug-likeness (QED) is 0.749. The van der Waals surface area contributed by atoms with Gasteiger partial charge in [-0.15, -0.1) is 11.3 Å². The SMILES string of the molecule is CC(C)CNCCNCc1cc2ccccc2s1. The van der Waals surface area contributed by atoms with Crippen LogP contribution in [0.1, 0.15) is 18.7 Å². The van der Waals surface area contributed by atoms with Gasteiger partial charge in [-0.25, -0.2) is 0 Å². The van der Waals surface area contributed by atoms with Crippen LogP contribution in [0.3, 0.4) is 0 Å². The van der Waals surface area contributed by atoms with Crippen LogP contribution in [0.4, 0.5) is 0 Å². The van der Waals surface area contributed by atoms with Crippen LogP contribution in [0.5, 0.6) is 0 Å². The van der Waals surface area contributed by atoms with Crippen molar-refractivity contribution < 1.29 is 0 Å². The summed E-state index contributed by atoms with van der Waals surface area (Å²) in [5.41, 5.74) is 0. The maximum Gasteiger partial charge on any atom is 0.0346 e. The minimum Gasteiger partial charge on any atom is -0.315 e. The van der Waals surface area contributed by atoms with E-state index in [4.69, 9.17) is 0 Å². The van der Waals surface area contributed by atoms with Gasteiger partial charge in [-0.05, 0) is 30.0 Å². The van der Waals surface area contributed by atoms with Crippen molar-refractivity contribution in [1.82, 2.24) is 10.6 Å². The van der Waals surface area contributed by atoms with E-state index in [1.54, 1.807) is 0 Å². The van der Waals surface area contributed by atoms with Crippen LogP contribution in [0.15, 0.2) is 30.3 Å². The highest BCUT2D eigenvalue weighted by Crippen LogP contribution is 2.24. The van der Waals surface area contributed by atoms with Crippen molar-refractivity contribution in [2.45, 2.75) is 20.4 Å². The third kappa shape index (κ3) is 4.09. The Bertz CT molecular complexity index is 443. The smallest absolute Gasteiger partial charge is 0.0346 e. The van der Waals surface area contributed by atoms with E-state index in [1.807, 2.05) is 11.3 Å². The molecule has 0 unspecified atom stereocenters. The molecule has 2 nitrogen and oxygen atoms in total. The van der Waals surface area contributed by atoms with Gasteiger partial charge < -0.3 is 10.6 Å². The first-order valence-corrected chi connectivity index (χ1v) is 7.46. The molecule has 3 heteroatoms. The number of rotatable bonds is 7. The molecule has 0 aliphatic heterocycles. The number of benzene rings is 1. The van der Waals surface area contributed by atoms with E-state index in [0.717, 1.165) is 32.1 Å². The molecule has 1 aromatic heterocycles. The predicted octanol–water partition coefficient (Wildman–Crippen LogP) is 3.24. The Kier molecular flexibility index (Phi) is 5.17. The van der Waals surface area contributed by atoms with Crippen molar-refractivity contribution >= 4 is 21.4 Å². The average molecular weight is 262 g/mol. The first-order chi connectivity index (χ1) is 8.75. The fraction of sp³-hybridized carbons (Fsp3) is 0.467. The zero-order valence-electron chi connectivity index (χ0n) is 11.2. The van der Waals surface area contributed by atoms with Crippen molar-refractivity contribution in [2.75, 3.05) is 19.6 Å². The monoisotopic (exact) mass is 262 g/mol. The third-order valence-electron chi connectivity index (χ3n) is 2.81. The van der Waals surface area contributed by atoms with Crippen LogP contribution in [0.25, 0.3) is 10.1 Å². The summed E-state index contributed by atoms with van der Waals surface area (Å²) in [5.74, 6) is 0.729. The van der Waals surface area contributed by atoms with Crippen molar-refractivity contribution in [3.8, 4) is 0 Å². The summed E-state index contributed by atoms with van der Waals surface area (Å²) in [6.45, 7) is 8.62. The van der Waals surface area contributed by atoms with Gasteiger partial charge in [-0.3, -0.25) is 0 Å². The predicted molar refractivity (Wildman–Crippen MR) is 81.2 cm³/mol. The summed E-state index contributed by atoms with van der Waals surface area (Å²) in [6, 6.07) is 10.9. The molecule has 18 heavy (non-hydrogen) atoms.